The third kappa shape index (κ3) is 3.26. The smallest absolute Gasteiger partial charge is 0.237 e. The van der Waals surface area contributed by atoms with Gasteiger partial charge in [0.15, 0.2) is 0 Å². The number of hydrogen-bond acceptors (Lipinski definition) is 5. The van der Waals surface area contributed by atoms with E-state index in [-0.39, 0.29) is 13.2 Å². The van der Waals surface area contributed by atoms with Gasteiger partial charge in [0.1, 0.15) is 5.75 Å². The number of benzene rings is 1. The molecule has 2 N–H and O–H groups in total. The standard InChI is InChI=1S/C13H14N2O3/c16-6-5-10-1-3-12(4-2-10)18-13-8-14-11(9-17)7-15-13/h1-4,7-8,16-17H,5-6,9H2. The summed E-state index contributed by atoms with van der Waals surface area (Å²) >= 11 is 0. The van der Waals surface area contributed by atoms with E-state index in [1.165, 1.54) is 12.4 Å². The van der Waals surface area contributed by atoms with Gasteiger partial charge in [0.05, 0.1) is 24.7 Å². The summed E-state index contributed by atoms with van der Waals surface area (Å²) in [6.45, 7) is -0.00254. The summed E-state index contributed by atoms with van der Waals surface area (Å²) in [5, 5.41) is 17.6. The van der Waals surface area contributed by atoms with E-state index >= 15 is 0 Å². The molecule has 0 aliphatic carbocycles. The molecule has 94 valence electrons. The van der Waals surface area contributed by atoms with Crippen LogP contribution in [-0.2, 0) is 13.0 Å². The van der Waals surface area contributed by atoms with E-state index in [0.717, 1.165) is 5.56 Å². The van der Waals surface area contributed by atoms with Crippen LogP contribution in [0, 0.1) is 0 Å². The SMILES string of the molecule is OCCc1ccc(Oc2cnc(CO)cn2)cc1. The Balaban J connectivity index is 2.03. The van der Waals surface area contributed by atoms with E-state index in [1.54, 1.807) is 0 Å². The minimum Gasteiger partial charge on any atom is -0.438 e. The fraction of sp³-hybridized carbons (Fsp3) is 0.231. The summed E-state index contributed by atoms with van der Waals surface area (Å²) in [6, 6.07) is 7.40. The Morgan fingerprint density at radius 3 is 2.33 bits per heavy atom. The number of aromatic nitrogens is 2. The number of hydrogen-bond donors (Lipinski definition) is 2. The lowest BCUT2D eigenvalue weighted by Crippen LogP contribution is -1.94. The first-order valence-corrected chi connectivity index (χ1v) is 5.61. The van der Waals surface area contributed by atoms with E-state index in [4.69, 9.17) is 14.9 Å². The van der Waals surface area contributed by atoms with Crippen LogP contribution in [0.4, 0.5) is 0 Å². The largest absolute Gasteiger partial charge is 0.438 e. The zero-order valence-corrected chi connectivity index (χ0v) is 9.78. The molecule has 2 rings (SSSR count). The predicted molar refractivity (Wildman–Crippen MR) is 65.3 cm³/mol. The lowest BCUT2D eigenvalue weighted by molar-refractivity contribution is 0.276. The van der Waals surface area contributed by atoms with Gasteiger partial charge in [-0.25, -0.2) is 4.98 Å². The molecule has 2 aromatic rings. The maximum atomic E-state index is 8.84. The lowest BCUT2D eigenvalue weighted by Gasteiger charge is -2.05. The van der Waals surface area contributed by atoms with Gasteiger partial charge in [-0.15, -0.1) is 0 Å². The molecule has 1 aromatic carbocycles. The van der Waals surface area contributed by atoms with E-state index in [1.807, 2.05) is 24.3 Å². The summed E-state index contributed by atoms with van der Waals surface area (Å²) in [5.41, 5.74) is 1.55. The van der Waals surface area contributed by atoms with E-state index in [9.17, 15) is 0 Å². The summed E-state index contributed by atoms with van der Waals surface area (Å²) in [4.78, 5) is 7.99. The molecule has 0 aliphatic heterocycles. The minimum absolute atomic E-state index is 0.133. The first kappa shape index (κ1) is 12.5. The molecular formula is C13H14N2O3. The molecular weight excluding hydrogens is 232 g/mol. The predicted octanol–water partition coefficient (Wildman–Crippen LogP) is 1.30. The topological polar surface area (TPSA) is 75.5 Å². The van der Waals surface area contributed by atoms with Crippen molar-refractivity contribution >= 4 is 0 Å². The quantitative estimate of drug-likeness (QED) is 0.831. The Morgan fingerprint density at radius 1 is 1.00 bits per heavy atom. The molecule has 0 saturated carbocycles. The van der Waals surface area contributed by atoms with Crippen LogP contribution in [0.2, 0.25) is 0 Å². The summed E-state index contributed by atoms with van der Waals surface area (Å²) in [5.74, 6) is 1.03. The molecule has 5 heteroatoms. The number of aliphatic hydroxyl groups excluding tert-OH is 2. The summed E-state index contributed by atoms with van der Waals surface area (Å²) in [6.07, 6.45) is 3.56. The Hall–Kier alpha value is -1.98. The monoisotopic (exact) mass is 246 g/mol. The second-order valence-corrected chi connectivity index (χ2v) is 3.72. The Morgan fingerprint density at radius 2 is 1.78 bits per heavy atom. The van der Waals surface area contributed by atoms with Crippen molar-refractivity contribution in [2.45, 2.75) is 13.0 Å². The molecule has 1 heterocycles. The molecule has 5 nitrogen and oxygen atoms in total. The molecule has 0 bridgehead atoms. The highest BCUT2D eigenvalue weighted by molar-refractivity contribution is 5.30. The van der Waals surface area contributed by atoms with Gasteiger partial charge < -0.3 is 14.9 Å². The molecule has 0 atom stereocenters. The first-order chi connectivity index (χ1) is 8.81. The minimum atomic E-state index is -0.136. The third-order valence-corrected chi connectivity index (χ3v) is 2.39. The molecule has 0 spiro atoms. The van der Waals surface area contributed by atoms with Crippen molar-refractivity contribution in [2.24, 2.45) is 0 Å². The molecule has 0 radical (unpaired) electrons. The zero-order valence-electron chi connectivity index (χ0n) is 9.78. The highest BCUT2D eigenvalue weighted by Gasteiger charge is 2.00. The average Bonchev–Trinajstić information content (AvgIpc) is 2.42. The van der Waals surface area contributed by atoms with Gasteiger partial charge in [0, 0.05) is 6.61 Å². The van der Waals surface area contributed by atoms with Crippen molar-refractivity contribution in [3.8, 4) is 11.6 Å². The fourth-order valence-corrected chi connectivity index (χ4v) is 1.45. The van der Waals surface area contributed by atoms with Crippen molar-refractivity contribution in [1.29, 1.82) is 0 Å². The molecule has 0 unspecified atom stereocenters. The zero-order chi connectivity index (χ0) is 12.8. The van der Waals surface area contributed by atoms with Crippen molar-refractivity contribution < 1.29 is 14.9 Å². The molecule has 18 heavy (non-hydrogen) atoms. The first-order valence-electron chi connectivity index (χ1n) is 5.61. The van der Waals surface area contributed by atoms with Crippen LogP contribution in [0.1, 0.15) is 11.3 Å². The molecule has 0 fully saturated rings. The second-order valence-electron chi connectivity index (χ2n) is 3.72. The molecule has 0 aliphatic rings. The number of ether oxygens (including phenoxy) is 1. The van der Waals surface area contributed by atoms with Crippen molar-refractivity contribution in [2.75, 3.05) is 6.61 Å². The maximum absolute atomic E-state index is 8.84. The van der Waals surface area contributed by atoms with Gasteiger partial charge >= 0.3 is 0 Å². The number of nitrogens with zero attached hydrogens (tertiary/aromatic N) is 2. The van der Waals surface area contributed by atoms with Crippen LogP contribution in [0.3, 0.4) is 0 Å². The lowest BCUT2D eigenvalue weighted by atomic mass is 10.1. The van der Waals surface area contributed by atoms with Crippen LogP contribution in [0.25, 0.3) is 0 Å². The van der Waals surface area contributed by atoms with Gasteiger partial charge in [-0.05, 0) is 24.1 Å². The van der Waals surface area contributed by atoms with Gasteiger partial charge in [0.25, 0.3) is 0 Å². The van der Waals surface area contributed by atoms with Crippen LogP contribution in [-0.4, -0.2) is 26.8 Å². The highest BCUT2D eigenvalue weighted by atomic mass is 16.5. The van der Waals surface area contributed by atoms with Crippen LogP contribution >= 0.6 is 0 Å². The van der Waals surface area contributed by atoms with E-state index in [2.05, 4.69) is 9.97 Å². The highest BCUT2D eigenvalue weighted by Crippen LogP contribution is 2.19. The Labute approximate surface area is 105 Å². The molecule has 1 aromatic heterocycles. The van der Waals surface area contributed by atoms with Crippen molar-refractivity contribution in [3.05, 3.63) is 47.9 Å². The second kappa shape index (κ2) is 6.09. The van der Waals surface area contributed by atoms with Crippen molar-refractivity contribution in [3.63, 3.8) is 0 Å². The van der Waals surface area contributed by atoms with Crippen LogP contribution in [0.5, 0.6) is 11.6 Å². The number of rotatable bonds is 5. The summed E-state index contributed by atoms with van der Waals surface area (Å²) in [7, 11) is 0. The molecule has 0 amide bonds. The third-order valence-electron chi connectivity index (χ3n) is 2.39. The van der Waals surface area contributed by atoms with Crippen molar-refractivity contribution in [1.82, 2.24) is 9.97 Å². The van der Waals surface area contributed by atoms with Gasteiger partial charge in [-0.1, -0.05) is 12.1 Å². The van der Waals surface area contributed by atoms with Crippen LogP contribution < -0.4 is 4.74 Å². The summed E-state index contributed by atoms with van der Waals surface area (Å²) < 4.78 is 5.49. The molecule has 0 saturated heterocycles. The Kier molecular flexibility index (Phi) is 4.22. The van der Waals surface area contributed by atoms with Gasteiger partial charge in [-0.3, -0.25) is 4.98 Å². The normalized spacial score (nSPS) is 10.3. The van der Waals surface area contributed by atoms with Gasteiger partial charge in [-0.2, -0.15) is 0 Å². The van der Waals surface area contributed by atoms with E-state index in [0.29, 0.717) is 23.7 Å². The van der Waals surface area contributed by atoms with E-state index < -0.39 is 0 Å². The van der Waals surface area contributed by atoms with Gasteiger partial charge in [0.2, 0.25) is 5.88 Å². The fourth-order valence-electron chi connectivity index (χ4n) is 1.45. The Bertz CT molecular complexity index is 483. The number of aliphatic hydroxyl groups is 2. The maximum Gasteiger partial charge on any atom is 0.237 e. The van der Waals surface area contributed by atoms with Crippen LogP contribution in [0.15, 0.2) is 36.7 Å². The average molecular weight is 246 g/mol.